The molecule has 0 spiro atoms. The van der Waals surface area contributed by atoms with E-state index in [1.165, 1.54) is 12.1 Å². The molecule has 4 heteroatoms. The lowest BCUT2D eigenvalue weighted by molar-refractivity contribution is 0.186. The van der Waals surface area contributed by atoms with Crippen LogP contribution in [0.3, 0.4) is 0 Å². The summed E-state index contributed by atoms with van der Waals surface area (Å²) in [6, 6.07) is 13.9. The molecule has 3 nitrogen and oxygen atoms in total. The maximum absolute atomic E-state index is 13.3. The summed E-state index contributed by atoms with van der Waals surface area (Å²) in [5.74, 6) is -0.997. The third-order valence-electron chi connectivity index (χ3n) is 2.82. The predicted octanol–water partition coefficient (Wildman–Crippen LogP) is 3.33. The maximum Gasteiger partial charge on any atom is 0.166 e. The Kier molecular flexibility index (Phi) is 4.36. The Morgan fingerprint density at radius 1 is 1.21 bits per heavy atom. The van der Waals surface area contributed by atoms with Gasteiger partial charge in [-0.2, -0.15) is 0 Å². The summed E-state index contributed by atoms with van der Waals surface area (Å²) < 4.78 is 18.5. The van der Waals surface area contributed by atoms with Gasteiger partial charge in [0.2, 0.25) is 0 Å². The summed E-state index contributed by atoms with van der Waals surface area (Å²) in [4.78, 5) is 0. The van der Waals surface area contributed by atoms with Crippen LogP contribution in [-0.2, 0) is 4.74 Å². The summed E-state index contributed by atoms with van der Waals surface area (Å²) in [5, 5.41) is 12.4. The van der Waals surface area contributed by atoms with Crippen LogP contribution in [-0.4, -0.2) is 18.8 Å². The van der Waals surface area contributed by atoms with E-state index in [2.05, 4.69) is 5.32 Å². The Hall–Kier alpha value is -2.07. The lowest BCUT2D eigenvalue weighted by Crippen LogP contribution is -2.16. The van der Waals surface area contributed by atoms with Crippen LogP contribution in [0.4, 0.5) is 10.1 Å². The number of nitrogens with one attached hydrogen (secondary N) is 1. The van der Waals surface area contributed by atoms with Crippen LogP contribution in [0.15, 0.2) is 48.5 Å². The summed E-state index contributed by atoms with van der Waals surface area (Å²) in [5.41, 5.74) is 1.65. The molecule has 2 aromatic rings. The second-order valence-corrected chi connectivity index (χ2v) is 4.23. The van der Waals surface area contributed by atoms with Crippen molar-refractivity contribution in [1.29, 1.82) is 0 Å². The molecule has 1 atom stereocenters. The number of benzene rings is 2. The Bertz CT molecular complexity index is 531. The van der Waals surface area contributed by atoms with Crippen molar-refractivity contribution in [3.8, 4) is 5.75 Å². The fraction of sp³-hybridized carbons (Fsp3) is 0.200. The fourth-order valence-corrected chi connectivity index (χ4v) is 1.87. The first-order chi connectivity index (χ1) is 9.20. The quantitative estimate of drug-likeness (QED) is 0.811. The Balaban J connectivity index is 2.19. The van der Waals surface area contributed by atoms with E-state index in [-0.39, 0.29) is 11.8 Å². The average molecular weight is 261 g/mol. The molecule has 2 N–H and O–H groups in total. The average Bonchev–Trinajstić information content (AvgIpc) is 2.43. The number of rotatable bonds is 5. The molecule has 0 aliphatic carbocycles. The molecular weight excluding hydrogens is 245 g/mol. The van der Waals surface area contributed by atoms with Gasteiger partial charge in [0.05, 0.1) is 12.6 Å². The van der Waals surface area contributed by atoms with Crippen molar-refractivity contribution in [3.05, 3.63) is 59.9 Å². The van der Waals surface area contributed by atoms with Crippen LogP contribution in [0, 0.1) is 5.82 Å². The second kappa shape index (κ2) is 6.20. The van der Waals surface area contributed by atoms with Crippen LogP contribution < -0.4 is 5.32 Å². The van der Waals surface area contributed by atoms with Gasteiger partial charge in [0, 0.05) is 18.9 Å². The molecule has 0 radical (unpaired) electrons. The van der Waals surface area contributed by atoms with Gasteiger partial charge in [-0.25, -0.2) is 4.39 Å². The number of methoxy groups -OCH3 is 1. The first kappa shape index (κ1) is 13.4. The normalized spacial score (nSPS) is 12.1. The summed E-state index contributed by atoms with van der Waals surface area (Å²) in [7, 11) is 1.62. The molecule has 0 saturated carbocycles. The number of halogens is 1. The summed E-state index contributed by atoms with van der Waals surface area (Å²) in [6.45, 7) is 0.465. The third-order valence-corrected chi connectivity index (χ3v) is 2.82. The van der Waals surface area contributed by atoms with Gasteiger partial charge in [0.15, 0.2) is 11.6 Å². The smallest absolute Gasteiger partial charge is 0.166 e. The van der Waals surface area contributed by atoms with Crippen LogP contribution in [0.25, 0.3) is 0 Å². The highest BCUT2D eigenvalue weighted by Crippen LogP contribution is 2.24. The van der Waals surface area contributed by atoms with Crippen molar-refractivity contribution in [1.82, 2.24) is 0 Å². The first-order valence-electron chi connectivity index (χ1n) is 5.99. The number of phenols is 1. The van der Waals surface area contributed by atoms with E-state index >= 15 is 0 Å². The van der Waals surface area contributed by atoms with Gasteiger partial charge in [-0.05, 0) is 17.7 Å². The van der Waals surface area contributed by atoms with Crippen molar-refractivity contribution in [3.63, 3.8) is 0 Å². The molecule has 0 fully saturated rings. The van der Waals surface area contributed by atoms with E-state index in [1.54, 1.807) is 13.2 Å². The summed E-state index contributed by atoms with van der Waals surface area (Å²) in [6.07, 6.45) is 0. The third kappa shape index (κ3) is 3.45. The Morgan fingerprint density at radius 3 is 2.58 bits per heavy atom. The minimum atomic E-state index is -0.644. The number of anilines is 1. The standard InChI is InChI=1S/C15H16FNO2/c1-19-10-14(11-5-3-2-4-6-11)17-12-7-8-15(18)13(16)9-12/h2-9,14,17-18H,10H2,1H3. The van der Waals surface area contributed by atoms with Crippen molar-refractivity contribution in [2.24, 2.45) is 0 Å². The lowest BCUT2D eigenvalue weighted by atomic mass is 10.1. The molecule has 0 amide bonds. The largest absolute Gasteiger partial charge is 0.505 e. The molecule has 2 rings (SSSR count). The van der Waals surface area contributed by atoms with E-state index in [0.717, 1.165) is 5.56 Å². The molecule has 0 aromatic heterocycles. The van der Waals surface area contributed by atoms with Gasteiger partial charge < -0.3 is 15.2 Å². The van der Waals surface area contributed by atoms with E-state index in [9.17, 15) is 9.50 Å². The highest BCUT2D eigenvalue weighted by Gasteiger charge is 2.11. The van der Waals surface area contributed by atoms with Crippen LogP contribution in [0.5, 0.6) is 5.75 Å². The predicted molar refractivity (Wildman–Crippen MR) is 72.7 cm³/mol. The number of aromatic hydroxyl groups is 1. The van der Waals surface area contributed by atoms with Crippen molar-refractivity contribution in [2.75, 3.05) is 19.0 Å². The van der Waals surface area contributed by atoms with Crippen LogP contribution >= 0.6 is 0 Å². The monoisotopic (exact) mass is 261 g/mol. The molecule has 1 unspecified atom stereocenters. The fourth-order valence-electron chi connectivity index (χ4n) is 1.87. The first-order valence-corrected chi connectivity index (χ1v) is 5.99. The molecule has 19 heavy (non-hydrogen) atoms. The molecule has 0 bridgehead atoms. The lowest BCUT2D eigenvalue weighted by Gasteiger charge is -2.19. The molecule has 0 aliphatic rings. The molecule has 100 valence electrons. The zero-order valence-electron chi connectivity index (χ0n) is 10.6. The van der Waals surface area contributed by atoms with Gasteiger partial charge in [0.25, 0.3) is 0 Å². The van der Waals surface area contributed by atoms with E-state index < -0.39 is 5.82 Å². The van der Waals surface area contributed by atoms with Gasteiger partial charge in [-0.15, -0.1) is 0 Å². The van der Waals surface area contributed by atoms with E-state index in [4.69, 9.17) is 4.74 Å². The van der Waals surface area contributed by atoms with Crippen molar-refractivity contribution >= 4 is 5.69 Å². The highest BCUT2D eigenvalue weighted by atomic mass is 19.1. The SMILES string of the molecule is COCC(Nc1ccc(O)c(F)c1)c1ccccc1. The number of hydrogen-bond donors (Lipinski definition) is 2. The summed E-state index contributed by atoms with van der Waals surface area (Å²) >= 11 is 0. The van der Waals surface area contributed by atoms with Crippen LogP contribution in [0.1, 0.15) is 11.6 Å². The van der Waals surface area contributed by atoms with Gasteiger partial charge in [-0.3, -0.25) is 0 Å². The Labute approximate surface area is 111 Å². The topological polar surface area (TPSA) is 41.5 Å². The van der Waals surface area contributed by atoms with E-state index in [1.807, 2.05) is 30.3 Å². The second-order valence-electron chi connectivity index (χ2n) is 4.23. The zero-order valence-corrected chi connectivity index (χ0v) is 10.6. The number of hydrogen-bond acceptors (Lipinski definition) is 3. The van der Waals surface area contributed by atoms with Crippen molar-refractivity contribution < 1.29 is 14.2 Å². The Morgan fingerprint density at radius 2 is 1.95 bits per heavy atom. The molecule has 0 heterocycles. The highest BCUT2D eigenvalue weighted by molar-refractivity contribution is 5.48. The molecular formula is C15H16FNO2. The number of phenolic OH excluding ortho intramolecular Hbond substituents is 1. The van der Waals surface area contributed by atoms with Gasteiger partial charge >= 0.3 is 0 Å². The number of ether oxygens (including phenoxy) is 1. The maximum atomic E-state index is 13.3. The molecule has 0 saturated heterocycles. The van der Waals surface area contributed by atoms with Gasteiger partial charge in [0.1, 0.15) is 0 Å². The van der Waals surface area contributed by atoms with Gasteiger partial charge in [-0.1, -0.05) is 30.3 Å². The molecule has 0 aliphatic heterocycles. The molecule has 2 aromatic carbocycles. The minimum Gasteiger partial charge on any atom is -0.505 e. The van der Waals surface area contributed by atoms with E-state index in [0.29, 0.717) is 12.3 Å². The zero-order chi connectivity index (χ0) is 13.7. The van der Waals surface area contributed by atoms with Crippen molar-refractivity contribution in [2.45, 2.75) is 6.04 Å². The van der Waals surface area contributed by atoms with Crippen LogP contribution in [0.2, 0.25) is 0 Å². The minimum absolute atomic E-state index is 0.0739.